The predicted octanol–water partition coefficient (Wildman–Crippen LogP) is -2.90. The van der Waals surface area contributed by atoms with E-state index in [1.807, 2.05) is 0 Å². The molecule has 2 unspecified atom stereocenters. The number of hydrogen-bond donors (Lipinski definition) is 14. The van der Waals surface area contributed by atoms with Gasteiger partial charge in [0.1, 0.15) is 36.6 Å². The van der Waals surface area contributed by atoms with Crippen LogP contribution in [0.1, 0.15) is 0 Å². The zero-order chi connectivity index (χ0) is 35.1. The van der Waals surface area contributed by atoms with Crippen molar-refractivity contribution < 1.29 is 141 Å². The highest BCUT2D eigenvalue weighted by Gasteiger charge is 2.63. The van der Waals surface area contributed by atoms with Gasteiger partial charge in [0.2, 0.25) is 0 Å². The van der Waals surface area contributed by atoms with Gasteiger partial charge in [-0.15, -0.1) is 0 Å². The molecule has 0 saturated heterocycles. The molecule has 0 aromatic heterocycles. The molecule has 0 heterocycles. The smallest absolute Gasteiger partial charge is 0.303 e. The summed E-state index contributed by atoms with van der Waals surface area (Å²) in [4.78, 5) is 129. The minimum absolute atomic E-state index is 3.36. The molecule has 1 aliphatic rings. The molecule has 14 N–H and O–H groups in total. The van der Waals surface area contributed by atoms with Gasteiger partial charge < -0.3 is 68.5 Å². The summed E-state index contributed by atoms with van der Waals surface area (Å²) >= 11 is 0. The van der Waals surface area contributed by atoms with Gasteiger partial charge in [0.05, 0.1) is 0 Å². The Kier molecular flexibility index (Phi) is 14.1. The van der Waals surface area contributed by atoms with E-state index in [0.717, 1.165) is 0 Å². The van der Waals surface area contributed by atoms with Crippen LogP contribution in [0, 0.1) is 0 Å². The second-order valence-corrected chi connectivity index (χ2v) is 17.8. The topological polar surface area (TPSA) is 494 Å². The van der Waals surface area contributed by atoms with Gasteiger partial charge in [-0.05, 0) is 0 Å². The molecule has 1 fully saturated rings. The Morgan fingerprint density at radius 1 is 0.273 bits per heavy atom. The highest BCUT2D eigenvalue weighted by atomic mass is 31.3. The van der Waals surface area contributed by atoms with Crippen LogP contribution in [0.5, 0.6) is 0 Å². The molecule has 1 saturated carbocycles. The number of hydrogen-bond acceptors (Lipinski definition) is 16. The van der Waals surface area contributed by atoms with Crippen LogP contribution in [0.4, 0.5) is 0 Å². The molecular formula is C6H20O30P8. The van der Waals surface area contributed by atoms with E-state index in [9.17, 15) is 85.5 Å². The lowest BCUT2D eigenvalue weighted by Gasteiger charge is -2.48. The first-order chi connectivity index (χ1) is 19.0. The van der Waals surface area contributed by atoms with Crippen molar-refractivity contribution in [3.8, 4) is 0 Å². The fourth-order valence-electron chi connectivity index (χ4n) is 3.09. The molecule has 1 aliphatic carbocycles. The Morgan fingerprint density at radius 3 is 0.568 bits per heavy atom. The summed E-state index contributed by atoms with van der Waals surface area (Å²) < 4.78 is 125. The fourth-order valence-corrected chi connectivity index (χ4v) is 8.87. The molecule has 0 aliphatic heterocycles. The largest absolute Gasteiger partial charge is 0.481 e. The lowest BCUT2D eigenvalue weighted by molar-refractivity contribution is -0.201. The molecule has 8 atom stereocenters. The third-order valence-electron chi connectivity index (χ3n) is 3.91. The molecule has 0 aromatic rings. The highest BCUT2D eigenvalue weighted by Crippen LogP contribution is 2.64. The summed E-state index contributed by atoms with van der Waals surface area (Å²) in [6.45, 7) is 0. The van der Waals surface area contributed by atoms with E-state index in [4.69, 9.17) is 19.6 Å². The van der Waals surface area contributed by atoms with Gasteiger partial charge in [0.15, 0.2) is 0 Å². The summed E-state index contributed by atoms with van der Waals surface area (Å²) in [6, 6.07) is 0. The minimum atomic E-state index is -6.58. The second-order valence-electron chi connectivity index (χ2n) is 7.46. The van der Waals surface area contributed by atoms with Crippen molar-refractivity contribution >= 4 is 62.6 Å². The monoisotopic (exact) mass is 820 g/mol. The van der Waals surface area contributed by atoms with E-state index >= 15 is 0 Å². The quantitative estimate of drug-likeness (QED) is 0.0694. The van der Waals surface area contributed by atoms with Crippen LogP contribution in [0.3, 0.4) is 0 Å². The molecule has 1 rings (SSSR count). The standard InChI is InChI=1S/C6H20O30P8/c7-37(8,9)29-1-2(30-38(10,11)12)4(32-40(16,17)18)6(34-44(27,28)36-42(22,23)24)5(3(1)31-39(13,14)15)33-43(25,26)35-41(19,20)21/h1-6H,(H,25,26)(H,27,28)(H2,7,8,9)(H2,10,11,12)(H2,13,14,15)(H2,16,17,18)(H2,19,20,21)(H2,22,23,24)/t1-,2+,3-,4-,5+,6+/m0/s1. The van der Waals surface area contributed by atoms with Crippen molar-refractivity contribution in [3.05, 3.63) is 0 Å². The van der Waals surface area contributed by atoms with Crippen LogP contribution in [0.15, 0.2) is 0 Å². The Labute approximate surface area is 240 Å². The summed E-state index contributed by atoms with van der Waals surface area (Å²) in [6.07, 6.45) is -21.0. The zero-order valence-corrected chi connectivity index (χ0v) is 27.0. The van der Waals surface area contributed by atoms with Gasteiger partial charge >= 0.3 is 62.6 Å². The Hall–Kier alpha value is 0.960. The highest BCUT2D eigenvalue weighted by molar-refractivity contribution is 7.61. The molecule has 0 aromatic carbocycles. The number of phosphoric acid groups is 8. The van der Waals surface area contributed by atoms with Crippen molar-refractivity contribution in [3.63, 3.8) is 0 Å². The first kappa shape index (κ1) is 43.0. The average Bonchev–Trinajstić information content (AvgIpc) is 2.62. The van der Waals surface area contributed by atoms with Crippen molar-refractivity contribution in [1.82, 2.24) is 0 Å². The summed E-state index contributed by atoms with van der Waals surface area (Å²) in [7, 11) is -50.6. The first-order valence-electron chi connectivity index (χ1n) is 9.50. The third kappa shape index (κ3) is 16.9. The fraction of sp³-hybridized carbons (Fsp3) is 1.00. The SMILES string of the molecule is O=P(O)(O)O[C@@H]1[C@H](OP(=O)(O)O)[C@H](OP(=O)(O)O)[C@@H](OP(=O)(O)OP(=O)(O)O)[C@H](OP(=O)(O)OP(=O)(O)O)[C@H]1OP(=O)(O)O. The zero-order valence-electron chi connectivity index (χ0n) is 19.8. The maximum absolute atomic E-state index is 12.3. The minimum Gasteiger partial charge on any atom is -0.303 e. The van der Waals surface area contributed by atoms with E-state index in [-0.39, 0.29) is 0 Å². The summed E-state index contributed by atoms with van der Waals surface area (Å²) in [5, 5.41) is 0. The molecule has 44 heavy (non-hydrogen) atoms. The van der Waals surface area contributed by atoms with E-state index < -0.39 is 99.2 Å². The van der Waals surface area contributed by atoms with Crippen molar-refractivity contribution in [2.75, 3.05) is 0 Å². The van der Waals surface area contributed by atoms with Crippen LogP contribution in [0.25, 0.3) is 0 Å². The van der Waals surface area contributed by atoms with Crippen molar-refractivity contribution in [2.24, 2.45) is 0 Å². The third-order valence-corrected chi connectivity index (χ3v) is 10.4. The summed E-state index contributed by atoms with van der Waals surface area (Å²) in [5.41, 5.74) is 0. The van der Waals surface area contributed by atoms with Crippen molar-refractivity contribution in [1.29, 1.82) is 0 Å². The maximum atomic E-state index is 12.3. The molecule has 0 spiro atoms. The Bertz CT molecular complexity index is 1290. The predicted molar refractivity (Wildman–Crippen MR) is 123 cm³/mol. The number of phosphoric ester groups is 6. The van der Waals surface area contributed by atoms with E-state index in [2.05, 4.69) is 35.8 Å². The van der Waals surface area contributed by atoms with Gasteiger partial charge in [-0.2, -0.15) is 8.62 Å². The number of rotatable bonds is 16. The Balaban J connectivity index is 4.25. The van der Waals surface area contributed by atoms with E-state index in [1.165, 1.54) is 0 Å². The molecule has 0 bridgehead atoms. The lowest BCUT2D eigenvalue weighted by atomic mass is 9.85. The van der Waals surface area contributed by atoms with E-state index in [1.54, 1.807) is 0 Å². The van der Waals surface area contributed by atoms with Crippen LogP contribution in [-0.2, 0) is 72.3 Å². The van der Waals surface area contributed by atoms with Crippen LogP contribution in [-0.4, -0.2) is 105 Å². The van der Waals surface area contributed by atoms with Crippen LogP contribution < -0.4 is 0 Å². The van der Waals surface area contributed by atoms with Gasteiger partial charge in [0, 0.05) is 0 Å². The molecule has 0 radical (unpaired) electrons. The van der Waals surface area contributed by atoms with Crippen LogP contribution >= 0.6 is 62.6 Å². The molecule has 264 valence electrons. The molecular weight excluding hydrogens is 800 g/mol. The van der Waals surface area contributed by atoms with Crippen molar-refractivity contribution in [2.45, 2.75) is 36.6 Å². The van der Waals surface area contributed by atoms with E-state index in [0.29, 0.717) is 0 Å². The Morgan fingerprint density at radius 2 is 0.432 bits per heavy atom. The maximum Gasteiger partial charge on any atom is 0.481 e. The van der Waals surface area contributed by atoms with Crippen LogP contribution in [0.2, 0.25) is 0 Å². The summed E-state index contributed by atoms with van der Waals surface area (Å²) in [5.74, 6) is 0. The molecule has 38 heteroatoms. The average molecular weight is 820 g/mol. The normalized spacial score (nSPS) is 29.1. The molecule has 0 amide bonds. The van der Waals surface area contributed by atoms with Gasteiger partial charge in [-0.25, -0.2) is 36.5 Å². The van der Waals surface area contributed by atoms with Gasteiger partial charge in [0.25, 0.3) is 0 Å². The van der Waals surface area contributed by atoms with Gasteiger partial charge in [-0.3, -0.25) is 27.1 Å². The second kappa shape index (κ2) is 14.4. The first-order valence-corrected chi connectivity index (χ1v) is 21.7. The van der Waals surface area contributed by atoms with Gasteiger partial charge in [-0.1, -0.05) is 0 Å². The molecule has 30 nitrogen and oxygen atoms in total. The lowest BCUT2D eigenvalue weighted by Crippen LogP contribution is -2.66.